The third-order valence-corrected chi connectivity index (χ3v) is 8.63. The lowest BCUT2D eigenvalue weighted by molar-refractivity contribution is -0.131. The molecular weight excluding hydrogens is 412 g/mol. The highest BCUT2D eigenvalue weighted by atomic mass is 16.2. The minimum Gasteiger partial charge on any atom is -0.350 e. The smallest absolute Gasteiger partial charge is 0.239 e. The molecule has 180 valence electrons. The van der Waals surface area contributed by atoms with E-state index in [1.807, 2.05) is 0 Å². The lowest BCUT2D eigenvalue weighted by Crippen LogP contribution is -2.48. The summed E-state index contributed by atoms with van der Waals surface area (Å²) in [6.45, 7) is 5.96. The molecule has 0 atom stereocenters. The summed E-state index contributed by atoms with van der Waals surface area (Å²) in [6, 6.07) is 8.47. The molecular formula is C27H40N4O2. The number of hydrogen-bond acceptors (Lipinski definition) is 4. The van der Waals surface area contributed by atoms with E-state index in [2.05, 4.69) is 51.7 Å². The highest BCUT2D eigenvalue weighted by Gasteiger charge is 2.51. The Kier molecular flexibility index (Phi) is 6.75. The molecule has 1 aromatic carbocycles. The number of carbonyl (C=O) groups is 2. The van der Waals surface area contributed by atoms with Crippen molar-refractivity contribution in [2.24, 2.45) is 23.2 Å². The fourth-order valence-electron chi connectivity index (χ4n) is 7.45. The number of rotatable bonds is 8. The Hall–Kier alpha value is -1.92. The van der Waals surface area contributed by atoms with E-state index in [0.717, 1.165) is 56.0 Å². The summed E-state index contributed by atoms with van der Waals surface area (Å²) in [5.74, 6) is 2.48. The van der Waals surface area contributed by atoms with Crippen LogP contribution in [0.25, 0.3) is 0 Å². The summed E-state index contributed by atoms with van der Waals surface area (Å²) in [6.07, 6.45) is 8.45. The van der Waals surface area contributed by atoms with Gasteiger partial charge in [-0.2, -0.15) is 0 Å². The molecule has 6 rings (SSSR count). The standard InChI is InChI=1S/C27H40N4O2/c1-30-5-7-31(8-6-30)19-21-4-2-3-20(9-21)17-28-26(33)18-29-25(32)16-27-13-22-10-23(14-27)12-24(11-22)15-27/h2-4,9,22-24H,5-8,10-19H2,1H3,(H,28,33)(H,29,32). The van der Waals surface area contributed by atoms with Gasteiger partial charge in [0, 0.05) is 45.7 Å². The van der Waals surface area contributed by atoms with E-state index in [0.29, 0.717) is 13.0 Å². The van der Waals surface area contributed by atoms with Crippen molar-refractivity contribution in [2.75, 3.05) is 39.8 Å². The first-order valence-electron chi connectivity index (χ1n) is 13.0. The first kappa shape index (κ1) is 22.9. The second-order valence-electron chi connectivity index (χ2n) is 11.5. The van der Waals surface area contributed by atoms with Crippen molar-refractivity contribution in [3.05, 3.63) is 35.4 Å². The highest BCUT2D eigenvalue weighted by Crippen LogP contribution is 2.61. The Morgan fingerprint density at radius 1 is 0.909 bits per heavy atom. The third-order valence-electron chi connectivity index (χ3n) is 8.63. The summed E-state index contributed by atoms with van der Waals surface area (Å²) < 4.78 is 0. The molecule has 0 unspecified atom stereocenters. The quantitative estimate of drug-likeness (QED) is 0.637. The molecule has 5 aliphatic rings. The van der Waals surface area contributed by atoms with Gasteiger partial charge < -0.3 is 15.5 Å². The molecule has 4 bridgehead atoms. The lowest BCUT2D eigenvalue weighted by Gasteiger charge is -2.56. The van der Waals surface area contributed by atoms with E-state index in [1.165, 1.54) is 44.1 Å². The van der Waals surface area contributed by atoms with Gasteiger partial charge in [-0.05, 0) is 79.9 Å². The van der Waals surface area contributed by atoms with Crippen molar-refractivity contribution >= 4 is 11.8 Å². The van der Waals surface area contributed by atoms with Crippen LogP contribution in [0.1, 0.15) is 56.1 Å². The minimum absolute atomic E-state index is 0.0567. The molecule has 1 aromatic rings. The lowest BCUT2D eigenvalue weighted by atomic mass is 9.49. The average Bonchev–Trinajstić information content (AvgIpc) is 2.77. The van der Waals surface area contributed by atoms with Gasteiger partial charge in [0.05, 0.1) is 6.54 Å². The molecule has 4 saturated carbocycles. The van der Waals surface area contributed by atoms with Gasteiger partial charge >= 0.3 is 0 Å². The maximum absolute atomic E-state index is 12.7. The van der Waals surface area contributed by atoms with Crippen LogP contribution in [0, 0.1) is 23.2 Å². The number of piperazine rings is 1. The molecule has 2 N–H and O–H groups in total. The maximum atomic E-state index is 12.7. The number of hydrogen-bond donors (Lipinski definition) is 2. The van der Waals surface area contributed by atoms with E-state index in [-0.39, 0.29) is 23.8 Å². The van der Waals surface area contributed by atoms with Gasteiger partial charge in [-0.1, -0.05) is 24.3 Å². The zero-order valence-electron chi connectivity index (χ0n) is 20.2. The number of carbonyl (C=O) groups excluding carboxylic acids is 2. The van der Waals surface area contributed by atoms with Crippen molar-refractivity contribution in [1.82, 2.24) is 20.4 Å². The number of likely N-dealkylation sites (N-methyl/N-ethyl adjacent to an activating group) is 1. The van der Waals surface area contributed by atoms with Gasteiger partial charge in [-0.3, -0.25) is 14.5 Å². The summed E-state index contributed by atoms with van der Waals surface area (Å²) in [7, 11) is 2.17. The van der Waals surface area contributed by atoms with Crippen LogP contribution < -0.4 is 10.6 Å². The predicted molar refractivity (Wildman–Crippen MR) is 129 cm³/mol. The summed E-state index contributed by atoms with van der Waals surface area (Å²) in [5, 5.41) is 5.88. The van der Waals surface area contributed by atoms with E-state index in [9.17, 15) is 9.59 Å². The van der Waals surface area contributed by atoms with Crippen LogP contribution >= 0.6 is 0 Å². The van der Waals surface area contributed by atoms with Gasteiger partial charge in [0.1, 0.15) is 0 Å². The van der Waals surface area contributed by atoms with E-state index in [1.54, 1.807) is 0 Å². The predicted octanol–water partition coefficient (Wildman–Crippen LogP) is 2.77. The summed E-state index contributed by atoms with van der Waals surface area (Å²) in [5.41, 5.74) is 2.62. The van der Waals surface area contributed by atoms with Crippen LogP contribution in [0.4, 0.5) is 0 Å². The number of amides is 2. The van der Waals surface area contributed by atoms with Crippen LogP contribution in [0.5, 0.6) is 0 Å². The summed E-state index contributed by atoms with van der Waals surface area (Å²) in [4.78, 5) is 29.9. The molecule has 6 nitrogen and oxygen atoms in total. The monoisotopic (exact) mass is 452 g/mol. The van der Waals surface area contributed by atoms with E-state index in [4.69, 9.17) is 0 Å². The first-order chi connectivity index (χ1) is 15.9. The zero-order valence-corrected chi connectivity index (χ0v) is 20.2. The highest BCUT2D eigenvalue weighted by molar-refractivity contribution is 5.84. The first-order valence-corrected chi connectivity index (χ1v) is 13.0. The molecule has 2 amide bonds. The Bertz CT molecular complexity index is 826. The number of nitrogens with zero attached hydrogens (tertiary/aromatic N) is 2. The Morgan fingerprint density at radius 3 is 2.21 bits per heavy atom. The van der Waals surface area contributed by atoms with Crippen molar-refractivity contribution in [1.29, 1.82) is 0 Å². The zero-order chi connectivity index (χ0) is 22.8. The maximum Gasteiger partial charge on any atom is 0.239 e. The molecule has 33 heavy (non-hydrogen) atoms. The molecule has 0 radical (unpaired) electrons. The van der Waals surface area contributed by atoms with Crippen molar-refractivity contribution in [3.8, 4) is 0 Å². The van der Waals surface area contributed by atoms with Crippen molar-refractivity contribution < 1.29 is 9.59 Å². The van der Waals surface area contributed by atoms with Crippen LogP contribution in [-0.4, -0.2) is 61.4 Å². The number of nitrogens with one attached hydrogen (secondary N) is 2. The summed E-state index contributed by atoms with van der Waals surface area (Å²) >= 11 is 0. The van der Waals surface area contributed by atoms with Crippen molar-refractivity contribution in [3.63, 3.8) is 0 Å². The van der Waals surface area contributed by atoms with Gasteiger partial charge in [0.2, 0.25) is 11.8 Å². The molecule has 0 aromatic heterocycles. The SMILES string of the molecule is CN1CCN(Cc2cccc(CNC(=O)CNC(=O)CC34CC5CC(CC(C5)C3)C4)c2)CC1. The van der Waals surface area contributed by atoms with Gasteiger partial charge in [-0.25, -0.2) is 0 Å². The van der Waals surface area contributed by atoms with Gasteiger partial charge in [0.25, 0.3) is 0 Å². The molecule has 5 fully saturated rings. The largest absolute Gasteiger partial charge is 0.350 e. The fraction of sp³-hybridized carbons (Fsp3) is 0.704. The normalized spacial score (nSPS) is 31.5. The molecule has 1 saturated heterocycles. The molecule has 1 heterocycles. The Balaban J connectivity index is 1.04. The molecule has 0 spiro atoms. The molecule has 6 heteroatoms. The van der Waals surface area contributed by atoms with Crippen molar-refractivity contribution in [2.45, 2.75) is 58.0 Å². The Morgan fingerprint density at radius 2 is 1.55 bits per heavy atom. The third kappa shape index (κ3) is 5.78. The topological polar surface area (TPSA) is 64.7 Å². The van der Waals surface area contributed by atoms with E-state index < -0.39 is 0 Å². The second-order valence-corrected chi connectivity index (χ2v) is 11.5. The van der Waals surface area contributed by atoms with Gasteiger partial charge in [0.15, 0.2) is 0 Å². The second kappa shape index (κ2) is 9.75. The van der Waals surface area contributed by atoms with Crippen LogP contribution in [-0.2, 0) is 22.7 Å². The number of benzene rings is 1. The van der Waals surface area contributed by atoms with Gasteiger partial charge in [-0.15, -0.1) is 0 Å². The van der Waals surface area contributed by atoms with E-state index >= 15 is 0 Å². The average molecular weight is 453 g/mol. The van der Waals surface area contributed by atoms with Crippen LogP contribution in [0.2, 0.25) is 0 Å². The Labute approximate surface area is 198 Å². The molecule has 1 aliphatic heterocycles. The minimum atomic E-state index is -0.113. The van der Waals surface area contributed by atoms with Crippen LogP contribution in [0.15, 0.2) is 24.3 Å². The fourth-order valence-corrected chi connectivity index (χ4v) is 7.45. The van der Waals surface area contributed by atoms with Crippen LogP contribution in [0.3, 0.4) is 0 Å². The molecule has 4 aliphatic carbocycles.